The first-order chi connectivity index (χ1) is 15.9. The van der Waals surface area contributed by atoms with Crippen molar-refractivity contribution in [2.24, 2.45) is 5.92 Å². The van der Waals surface area contributed by atoms with Gasteiger partial charge < -0.3 is 29.4 Å². The Labute approximate surface area is 192 Å². The van der Waals surface area contributed by atoms with Crippen LogP contribution in [-0.4, -0.2) is 48.5 Å². The van der Waals surface area contributed by atoms with Crippen molar-refractivity contribution in [3.05, 3.63) is 34.1 Å². The normalized spacial score (nSPS) is 18.8. The summed E-state index contributed by atoms with van der Waals surface area (Å²) in [5, 5.41) is 6.08. The van der Waals surface area contributed by atoms with Crippen LogP contribution in [0.3, 0.4) is 0 Å². The van der Waals surface area contributed by atoms with E-state index in [-0.39, 0.29) is 30.3 Å². The molecule has 2 aliphatic rings. The number of aryl methyl sites for hydroxylation is 1. The van der Waals surface area contributed by atoms with Gasteiger partial charge in [0.25, 0.3) is 5.91 Å². The molecule has 2 aromatic rings. The molecule has 0 bridgehead atoms. The van der Waals surface area contributed by atoms with Crippen molar-refractivity contribution in [1.29, 1.82) is 0 Å². The summed E-state index contributed by atoms with van der Waals surface area (Å²) in [5.74, 6) is 0.0977. The molecular formula is C24H31N3O6. The quantitative estimate of drug-likeness (QED) is 0.629. The van der Waals surface area contributed by atoms with Crippen LogP contribution in [0.4, 0.5) is 0 Å². The molecule has 3 atom stereocenters. The van der Waals surface area contributed by atoms with Crippen molar-refractivity contribution >= 4 is 22.7 Å². The van der Waals surface area contributed by atoms with E-state index in [0.717, 1.165) is 12.8 Å². The van der Waals surface area contributed by atoms with Gasteiger partial charge in [0.1, 0.15) is 11.6 Å². The smallest absolute Gasteiger partial charge is 0.257 e. The number of benzene rings is 1. The molecule has 4 rings (SSSR count). The predicted molar refractivity (Wildman–Crippen MR) is 123 cm³/mol. The number of hydrogen-bond donors (Lipinski definition) is 2. The number of pyridine rings is 1. The third-order valence-corrected chi connectivity index (χ3v) is 6.47. The standard InChI is InChI=1S/C24H31N3O6/c1-4-14(3)21(24(30)25-11-15-7-6-8-31-15)26-23(29)17-12-27(5-2)18-10-20-19(32-13-33-20)9-16(18)22(17)28/h9-10,12,14-15,21H,4-8,11,13H2,1-3H3,(H,25,30)(H,26,29)/t14?,15?,21-/m0/s1. The summed E-state index contributed by atoms with van der Waals surface area (Å²) >= 11 is 0. The fraction of sp³-hybridized carbons (Fsp3) is 0.542. The zero-order chi connectivity index (χ0) is 23.5. The van der Waals surface area contributed by atoms with Crippen LogP contribution >= 0.6 is 0 Å². The van der Waals surface area contributed by atoms with Gasteiger partial charge in [-0.25, -0.2) is 0 Å². The molecule has 9 nitrogen and oxygen atoms in total. The molecule has 1 aromatic heterocycles. The molecular weight excluding hydrogens is 426 g/mol. The second-order valence-corrected chi connectivity index (χ2v) is 8.60. The molecule has 0 saturated carbocycles. The Morgan fingerprint density at radius 2 is 1.97 bits per heavy atom. The van der Waals surface area contributed by atoms with Crippen LogP contribution in [0.1, 0.15) is 50.4 Å². The second-order valence-electron chi connectivity index (χ2n) is 8.60. The lowest BCUT2D eigenvalue weighted by molar-refractivity contribution is -0.124. The topological polar surface area (TPSA) is 108 Å². The summed E-state index contributed by atoms with van der Waals surface area (Å²) in [7, 11) is 0. The average molecular weight is 458 g/mol. The van der Waals surface area contributed by atoms with E-state index in [2.05, 4.69) is 10.6 Å². The minimum absolute atomic E-state index is 0.00686. The van der Waals surface area contributed by atoms with Gasteiger partial charge in [-0.05, 0) is 31.7 Å². The summed E-state index contributed by atoms with van der Waals surface area (Å²) < 4.78 is 18.2. The fourth-order valence-electron chi connectivity index (χ4n) is 4.25. The van der Waals surface area contributed by atoms with Crippen LogP contribution in [0.5, 0.6) is 11.5 Å². The average Bonchev–Trinajstić information content (AvgIpc) is 3.51. The molecule has 2 unspecified atom stereocenters. The number of aromatic nitrogens is 1. The Hall–Kier alpha value is -3.07. The van der Waals surface area contributed by atoms with E-state index in [9.17, 15) is 14.4 Å². The van der Waals surface area contributed by atoms with Crippen LogP contribution in [0.15, 0.2) is 23.1 Å². The number of hydrogen-bond acceptors (Lipinski definition) is 6. The van der Waals surface area contributed by atoms with Crippen LogP contribution in [0.2, 0.25) is 0 Å². The Morgan fingerprint density at radius 1 is 1.21 bits per heavy atom. The number of carbonyl (C=O) groups excluding carboxylic acids is 2. The molecule has 0 aliphatic carbocycles. The Bertz CT molecular complexity index is 1110. The lowest BCUT2D eigenvalue weighted by Gasteiger charge is -2.24. The summed E-state index contributed by atoms with van der Waals surface area (Å²) in [4.78, 5) is 39.4. The van der Waals surface area contributed by atoms with Crippen LogP contribution in [0, 0.1) is 5.92 Å². The third kappa shape index (κ3) is 4.68. The van der Waals surface area contributed by atoms with E-state index < -0.39 is 17.4 Å². The number of amides is 2. The van der Waals surface area contributed by atoms with Gasteiger partial charge in [-0.1, -0.05) is 20.3 Å². The van der Waals surface area contributed by atoms with Crippen molar-refractivity contribution in [2.45, 2.75) is 58.7 Å². The molecule has 1 fully saturated rings. The molecule has 2 N–H and O–H groups in total. The van der Waals surface area contributed by atoms with Crippen molar-refractivity contribution in [3.63, 3.8) is 0 Å². The van der Waals surface area contributed by atoms with E-state index >= 15 is 0 Å². The number of carbonyl (C=O) groups is 2. The largest absolute Gasteiger partial charge is 0.454 e. The summed E-state index contributed by atoms with van der Waals surface area (Å²) in [5.41, 5.74) is 0.243. The number of fused-ring (bicyclic) bond motifs is 2. The van der Waals surface area contributed by atoms with Crippen molar-refractivity contribution in [2.75, 3.05) is 19.9 Å². The number of nitrogens with zero attached hydrogens (tertiary/aromatic N) is 1. The molecule has 0 radical (unpaired) electrons. The minimum Gasteiger partial charge on any atom is -0.454 e. The summed E-state index contributed by atoms with van der Waals surface area (Å²) in [6, 6.07) is 2.61. The number of rotatable bonds is 8. The van der Waals surface area contributed by atoms with E-state index in [1.165, 1.54) is 0 Å². The fourth-order valence-corrected chi connectivity index (χ4v) is 4.25. The lowest BCUT2D eigenvalue weighted by atomic mass is 9.97. The second kappa shape index (κ2) is 9.82. The van der Waals surface area contributed by atoms with E-state index in [4.69, 9.17) is 14.2 Å². The highest BCUT2D eigenvalue weighted by atomic mass is 16.7. The molecule has 178 valence electrons. The van der Waals surface area contributed by atoms with E-state index in [1.54, 1.807) is 18.3 Å². The Morgan fingerprint density at radius 3 is 2.64 bits per heavy atom. The molecule has 9 heteroatoms. The van der Waals surface area contributed by atoms with Gasteiger partial charge in [-0.15, -0.1) is 0 Å². The maximum atomic E-state index is 13.2. The summed E-state index contributed by atoms with van der Waals surface area (Å²) in [6.07, 6.45) is 4.14. The van der Waals surface area contributed by atoms with E-state index in [0.29, 0.717) is 48.5 Å². The molecule has 1 saturated heterocycles. The predicted octanol–water partition coefficient (Wildman–Crippen LogP) is 2.19. The summed E-state index contributed by atoms with van der Waals surface area (Å²) in [6.45, 7) is 7.55. The third-order valence-electron chi connectivity index (χ3n) is 6.47. The molecule has 33 heavy (non-hydrogen) atoms. The molecule has 3 heterocycles. The highest BCUT2D eigenvalue weighted by Gasteiger charge is 2.29. The maximum absolute atomic E-state index is 13.2. The molecule has 1 aromatic carbocycles. The Kier molecular flexibility index (Phi) is 6.88. The number of nitrogens with one attached hydrogen (secondary N) is 2. The van der Waals surface area contributed by atoms with Crippen molar-refractivity contribution in [3.8, 4) is 11.5 Å². The molecule has 0 spiro atoms. The van der Waals surface area contributed by atoms with Crippen LogP contribution in [-0.2, 0) is 16.1 Å². The monoisotopic (exact) mass is 457 g/mol. The van der Waals surface area contributed by atoms with Crippen LogP contribution < -0.4 is 25.5 Å². The van der Waals surface area contributed by atoms with Gasteiger partial charge in [0.15, 0.2) is 11.5 Å². The first kappa shape index (κ1) is 23.1. The number of ether oxygens (including phenoxy) is 3. The lowest BCUT2D eigenvalue weighted by Crippen LogP contribution is -2.52. The van der Waals surface area contributed by atoms with Gasteiger partial charge in [-0.2, -0.15) is 0 Å². The van der Waals surface area contributed by atoms with Crippen molar-refractivity contribution < 1.29 is 23.8 Å². The highest BCUT2D eigenvalue weighted by Crippen LogP contribution is 2.35. The maximum Gasteiger partial charge on any atom is 0.257 e. The van der Waals surface area contributed by atoms with Gasteiger partial charge in [0.2, 0.25) is 18.1 Å². The highest BCUT2D eigenvalue weighted by molar-refractivity contribution is 6.00. The zero-order valence-electron chi connectivity index (χ0n) is 19.3. The van der Waals surface area contributed by atoms with Gasteiger partial charge in [-0.3, -0.25) is 14.4 Å². The van der Waals surface area contributed by atoms with Gasteiger partial charge >= 0.3 is 0 Å². The van der Waals surface area contributed by atoms with Crippen LogP contribution in [0.25, 0.3) is 10.9 Å². The molecule has 2 aliphatic heterocycles. The van der Waals surface area contributed by atoms with E-state index in [1.807, 2.05) is 25.3 Å². The first-order valence-corrected chi connectivity index (χ1v) is 11.6. The minimum atomic E-state index is -0.758. The van der Waals surface area contributed by atoms with Crippen molar-refractivity contribution in [1.82, 2.24) is 15.2 Å². The first-order valence-electron chi connectivity index (χ1n) is 11.6. The SMILES string of the molecule is CCC(C)[C@H](NC(=O)c1cn(CC)c2cc3c(cc2c1=O)OCO3)C(=O)NCC1CCCO1. The molecule has 2 amide bonds. The zero-order valence-corrected chi connectivity index (χ0v) is 19.3. The van der Waals surface area contributed by atoms with Gasteiger partial charge in [0.05, 0.1) is 17.0 Å². The van der Waals surface area contributed by atoms with Gasteiger partial charge in [0, 0.05) is 32.0 Å². The Balaban J connectivity index is 1.60.